The monoisotopic (exact) mass is 512 g/mol. The van der Waals surface area contributed by atoms with E-state index in [-0.39, 0.29) is 41.4 Å². The van der Waals surface area contributed by atoms with Crippen LogP contribution in [0.15, 0.2) is 35.2 Å². The number of hydrogen-bond acceptors (Lipinski definition) is 5. The first-order valence-electron chi connectivity index (χ1n) is 7.60. The van der Waals surface area contributed by atoms with Gasteiger partial charge in [-0.05, 0) is 37.3 Å². The van der Waals surface area contributed by atoms with Crippen molar-refractivity contribution in [1.82, 2.24) is 19.7 Å². The Kier molecular flexibility index (Phi) is 6.33. The summed E-state index contributed by atoms with van der Waals surface area (Å²) in [7, 11) is -4.31. The summed E-state index contributed by atoms with van der Waals surface area (Å²) in [6.07, 6.45) is 0. The van der Waals surface area contributed by atoms with Crippen LogP contribution in [0.5, 0.6) is 0 Å². The minimum Gasteiger partial charge on any atom is -0.266 e. The fraction of sp³-hybridized carbons (Fsp3) is 0.0625. The van der Waals surface area contributed by atoms with Gasteiger partial charge in [0.1, 0.15) is 4.90 Å². The first-order chi connectivity index (χ1) is 13.5. The Morgan fingerprint density at radius 3 is 2.31 bits per heavy atom. The number of halogens is 5. The van der Waals surface area contributed by atoms with Crippen LogP contribution in [-0.2, 0) is 10.0 Å². The van der Waals surface area contributed by atoms with Gasteiger partial charge < -0.3 is 0 Å². The van der Waals surface area contributed by atoms with Gasteiger partial charge in [-0.15, -0.1) is 5.10 Å². The van der Waals surface area contributed by atoms with E-state index in [1.54, 1.807) is 0 Å². The minimum absolute atomic E-state index is 0.0994. The number of nitrogens with zero attached hydrogens (tertiary/aromatic N) is 3. The van der Waals surface area contributed by atoms with E-state index < -0.39 is 15.9 Å². The molecule has 0 spiro atoms. The summed E-state index contributed by atoms with van der Waals surface area (Å²) in [4.78, 5) is 12.2. The second-order valence-corrected chi connectivity index (χ2v) is 9.38. The summed E-state index contributed by atoms with van der Waals surface area (Å²) >= 11 is 29.8. The zero-order valence-electron chi connectivity index (χ0n) is 14.3. The highest BCUT2D eigenvalue weighted by molar-refractivity contribution is 7.90. The SMILES string of the molecule is Cc1c(C(=O)NS(=O)(=O)c2cc(Cl)ccc2Cl)nnn1-c1cc(Cl)c(Cl)cc1Cl. The van der Waals surface area contributed by atoms with Crippen molar-refractivity contribution >= 4 is 73.9 Å². The summed E-state index contributed by atoms with van der Waals surface area (Å²) < 4.78 is 28.2. The fourth-order valence-corrected chi connectivity index (χ4v) is 4.69. The number of aromatic nitrogens is 3. The molecule has 3 rings (SSSR count). The van der Waals surface area contributed by atoms with Gasteiger partial charge in [0, 0.05) is 5.02 Å². The molecule has 0 atom stereocenters. The van der Waals surface area contributed by atoms with E-state index in [1.165, 1.54) is 35.9 Å². The molecule has 1 heterocycles. The largest absolute Gasteiger partial charge is 0.287 e. The predicted octanol–water partition coefficient (Wildman–Crippen LogP) is 4.96. The number of carbonyl (C=O) groups excluding carboxylic acids is 1. The lowest BCUT2D eigenvalue weighted by Crippen LogP contribution is -2.31. The molecule has 13 heteroatoms. The number of rotatable bonds is 4. The maximum Gasteiger partial charge on any atom is 0.287 e. The Bertz CT molecular complexity index is 1240. The van der Waals surface area contributed by atoms with E-state index in [9.17, 15) is 13.2 Å². The van der Waals surface area contributed by atoms with Gasteiger partial charge in [-0.1, -0.05) is 63.2 Å². The number of nitrogens with one attached hydrogen (secondary N) is 1. The highest BCUT2D eigenvalue weighted by Crippen LogP contribution is 2.31. The summed E-state index contributed by atoms with van der Waals surface area (Å²) in [5.74, 6) is -1.01. The van der Waals surface area contributed by atoms with Crippen molar-refractivity contribution in [2.75, 3.05) is 0 Å². The molecule has 0 aliphatic rings. The Hall–Kier alpha value is -1.55. The summed E-state index contributed by atoms with van der Waals surface area (Å²) in [6, 6.07) is 6.70. The summed E-state index contributed by atoms with van der Waals surface area (Å²) in [6.45, 7) is 1.51. The number of benzene rings is 2. The average molecular weight is 515 g/mol. The maximum atomic E-state index is 12.5. The van der Waals surface area contributed by atoms with E-state index in [2.05, 4.69) is 10.3 Å². The molecular formula is C16H9Cl5N4O3S. The lowest BCUT2D eigenvalue weighted by Gasteiger charge is -2.09. The molecule has 0 aliphatic carbocycles. The molecule has 29 heavy (non-hydrogen) atoms. The van der Waals surface area contributed by atoms with Crippen molar-refractivity contribution in [2.24, 2.45) is 0 Å². The molecule has 3 aromatic rings. The van der Waals surface area contributed by atoms with Gasteiger partial charge in [0.15, 0.2) is 5.69 Å². The molecule has 0 saturated carbocycles. The van der Waals surface area contributed by atoms with E-state index in [0.717, 1.165) is 6.07 Å². The molecular weight excluding hydrogens is 506 g/mol. The topological polar surface area (TPSA) is 93.9 Å². The van der Waals surface area contributed by atoms with Crippen molar-refractivity contribution in [2.45, 2.75) is 11.8 Å². The molecule has 1 N–H and O–H groups in total. The first-order valence-corrected chi connectivity index (χ1v) is 11.0. The molecule has 2 aromatic carbocycles. The van der Waals surface area contributed by atoms with Crippen LogP contribution in [0.3, 0.4) is 0 Å². The highest BCUT2D eigenvalue weighted by Gasteiger charge is 2.26. The summed E-state index contributed by atoms with van der Waals surface area (Å²) in [5, 5.41) is 8.29. The molecule has 7 nitrogen and oxygen atoms in total. The third-order valence-corrected chi connectivity index (χ3v) is 6.81. The number of hydrogen-bond donors (Lipinski definition) is 1. The zero-order chi connectivity index (χ0) is 21.5. The molecule has 0 radical (unpaired) electrons. The normalized spacial score (nSPS) is 11.5. The third kappa shape index (κ3) is 4.47. The molecule has 0 saturated heterocycles. The average Bonchev–Trinajstić information content (AvgIpc) is 3.01. The molecule has 0 aliphatic heterocycles. The zero-order valence-corrected chi connectivity index (χ0v) is 18.8. The smallest absolute Gasteiger partial charge is 0.266 e. The third-order valence-electron chi connectivity index (χ3n) is 3.74. The Morgan fingerprint density at radius 1 is 0.966 bits per heavy atom. The quantitative estimate of drug-likeness (QED) is 0.497. The van der Waals surface area contributed by atoms with Crippen LogP contribution in [0.2, 0.25) is 25.1 Å². The molecule has 152 valence electrons. The van der Waals surface area contributed by atoms with Crippen molar-refractivity contribution in [3.63, 3.8) is 0 Å². The van der Waals surface area contributed by atoms with Crippen LogP contribution < -0.4 is 4.72 Å². The predicted molar refractivity (Wildman–Crippen MR) is 112 cm³/mol. The maximum absolute atomic E-state index is 12.5. The van der Waals surface area contributed by atoms with Gasteiger partial charge in [-0.3, -0.25) is 4.79 Å². The van der Waals surface area contributed by atoms with Gasteiger partial charge in [-0.25, -0.2) is 17.8 Å². The van der Waals surface area contributed by atoms with Crippen molar-refractivity contribution < 1.29 is 13.2 Å². The minimum atomic E-state index is -4.31. The molecule has 0 bridgehead atoms. The lowest BCUT2D eigenvalue weighted by molar-refractivity contribution is 0.0976. The number of amides is 1. The Morgan fingerprint density at radius 2 is 1.62 bits per heavy atom. The Labute approximate surface area is 190 Å². The number of sulfonamides is 1. The van der Waals surface area contributed by atoms with E-state index in [4.69, 9.17) is 58.0 Å². The van der Waals surface area contributed by atoms with Crippen molar-refractivity contribution in [3.05, 3.63) is 66.8 Å². The highest BCUT2D eigenvalue weighted by atomic mass is 35.5. The second kappa shape index (κ2) is 8.29. The van der Waals surface area contributed by atoms with Gasteiger partial charge in [0.2, 0.25) is 0 Å². The second-order valence-electron chi connectivity index (χ2n) is 5.66. The van der Waals surface area contributed by atoms with Crippen LogP contribution in [0, 0.1) is 6.92 Å². The van der Waals surface area contributed by atoms with Crippen LogP contribution in [0.4, 0.5) is 0 Å². The van der Waals surface area contributed by atoms with Gasteiger partial charge in [0.05, 0.1) is 31.5 Å². The van der Waals surface area contributed by atoms with E-state index >= 15 is 0 Å². The van der Waals surface area contributed by atoms with Gasteiger partial charge in [0.25, 0.3) is 15.9 Å². The van der Waals surface area contributed by atoms with Crippen LogP contribution in [0.1, 0.15) is 16.2 Å². The van der Waals surface area contributed by atoms with Crippen LogP contribution >= 0.6 is 58.0 Å². The van der Waals surface area contributed by atoms with E-state index in [0.29, 0.717) is 5.69 Å². The summed E-state index contributed by atoms with van der Waals surface area (Å²) in [5.41, 5.74) is 0.287. The lowest BCUT2D eigenvalue weighted by atomic mass is 10.3. The van der Waals surface area contributed by atoms with Gasteiger partial charge >= 0.3 is 0 Å². The number of carbonyl (C=O) groups is 1. The molecule has 0 unspecified atom stereocenters. The van der Waals surface area contributed by atoms with Crippen molar-refractivity contribution in [1.29, 1.82) is 0 Å². The molecule has 1 aromatic heterocycles. The molecule has 1 amide bonds. The van der Waals surface area contributed by atoms with Crippen molar-refractivity contribution in [3.8, 4) is 5.69 Å². The standard InChI is InChI=1S/C16H9Cl5N4O3S/c1-7-15(22-24-25(7)13-6-11(20)10(19)5-12(13)21)16(26)23-29(27,28)14-4-8(17)2-3-9(14)18/h2-6H,1H3,(H,23,26). The fourth-order valence-electron chi connectivity index (χ4n) is 2.35. The van der Waals surface area contributed by atoms with E-state index in [1.807, 2.05) is 4.72 Å². The van der Waals surface area contributed by atoms with Crippen LogP contribution in [-0.4, -0.2) is 29.3 Å². The first kappa shape index (κ1) is 22.1. The Balaban J connectivity index is 1.96. The van der Waals surface area contributed by atoms with Gasteiger partial charge in [-0.2, -0.15) is 0 Å². The van der Waals surface area contributed by atoms with Crippen LogP contribution in [0.25, 0.3) is 5.69 Å². The molecule has 0 fully saturated rings.